The molecule has 4 rings (SSSR count). The van der Waals surface area contributed by atoms with Crippen LogP contribution in [0, 0.1) is 0 Å². The third kappa shape index (κ3) is 8.24. The van der Waals surface area contributed by atoms with Crippen LogP contribution in [-0.2, 0) is 28.6 Å². The molecule has 0 amide bonds. The molecule has 1 aliphatic heterocycles. The van der Waals surface area contributed by atoms with E-state index in [1.54, 1.807) is 64.1 Å². The van der Waals surface area contributed by atoms with Crippen molar-refractivity contribution >= 4 is 62.9 Å². The minimum atomic E-state index is -0.952. The van der Waals surface area contributed by atoms with Crippen molar-refractivity contribution in [3.8, 4) is 17.2 Å². The Kier molecular flexibility index (Phi) is 12.2. The zero-order chi connectivity index (χ0) is 34.2. The van der Waals surface area contributed by atoms with E-state index in [0.717, 1.165) is 11.3 Å². The molecular formula is C32H32BrClN2O10S. The summed E-state index contributed by atoms with van der Waals surface area (Å²) in [6.07, 6.45) is 1.58. The van der Waals surface area contributed by atoms with E-state index in [1.165, 1.54) is 11.7 Å². The third-order valence-electron chi connectivity index (χ3n) is 6.64. The first-order valence-electron chi connectivity index (χ1n) is 14.5. The Bertz CT molecular complexity index is 1900. The molecule has 1 aliphatic rings. The molecule has 12 nitrogen and oxygen atoms in total. The number of hydrogen-bond acceptors (Lipinski definition) is 12. The first-order valence-corrected chi connectivity index (χ1v) is 16.4. The number of thiazole rings is 1. The predicted molar refractivity (Wildman–Crippen MR) is 177 cm³/mol. The standard InChI is InChI=1S/C32H32BrClN2O10S/c1-6-42-23-12-18(9-10-22(23)45-15-25(37)41-5)28-27(31(40)44-8-3)17(4)35-32-36(28)30(39)24(47-32)13-19-11-20(34)14-21(33)29(19)46-16-26(38)43-7-2/h9-14,28H,6-8,15-16H2,1-5H3/b24-13+/t28-/m0/s1. The fraction of sp³-hybridized carbons (Fsp3) is 0.344. The third-order valence-corrected chi connectivity index (χ3v) is 8.43. The fourth-order valence-corrected chi connectivity index (χ4v) is 6.69. The van der Waals surface area contributed by atoms with Gasteiger partial charge in [-0.2, -0.15) is 0 Å². The van der Waals surface area contributed by atoms with Gasteiger partial charge in [-0.15, -0.1) is 0 Å². The molecule has 15 heteroatoms. The number of fused-ring (bicyclic) bond motifs is 1. The van der Waals surface area contributed by atoms with E-state index >= 15 is 0 Å². The molecule has 0 fully saturated rings. The van der Waals surface area contributed by atoms with Crippen molar-refractivity contribution < 1.29 is 42.8 Å². The summed E-state index contributed by atoms with van der Waals surface area (Å²) in [5, 5.41) is 0.357. The summed E-state index contributed by atoms with van der Waals surface area (Å²) in [5.41, 5.74) is 1.01. The van der Waals surface area contributed by atoms with Gasteiger partial charge in [0, 0.05) is 10.6 Å². The highest BCUT2D eigenvalue weighted by Gasteiger charge is 2.34. The summed E-state index contributed by atoms with van der Waals surface area (Å²) >= 11 is 10.9. The molecule has 2 aromatic carbocycles. The number of carbonyl (C=O) groups excluding carboxylic acids is 3. The number of allylic oxidation sites excluding steroid dienone is 1. The lowest BCUT2D eigenvalue weighted by molar-refractivity contribution is -0.145. The molecular weight excluding hydrogens is 720 g/mol. The molecule has 47 heavy (non-hydrogen) atoms. The van der Waals surface area contributed by atoms with Crippen LogP contribution in [0.25, 0.3) is 6.08 Å². The Morgan fingerprint density at radius 3 is 2.38 bits per heavy atom. The summed E-state index contributed by atoms with van der Waals surface area (Å²) in [7, 11) is 1.25. The van der Waals surface area contributed by atoms with E-state index in [0.29, 0.717) is 36.9 Å². The number of halogens is 2. The van der Waals surface area contributed by atoms with E-state index in [9.17, 15) is 19.2 Å². The Morgan fingerprint density at radius 2 is 1.70 bits per heavy atom. The zero-order valence-corrected chi connectivity index (χ0v) is 29.4. The summed E-state index contributed by atoms with van der Waals surface area (Å²) in [4.78, 5) is 56.2. The summed E-state index contributed by atoms with van der Waals surface area (Å²) in [5.74, 6) is -0.930. The molecule has 0 saturated carbocycles. The smallest absolute Gasteiger partial charge is 0.344 e. The fourth-order valence-electron chi connectivity index (χ4n) is 4.70. The summed E-state index contributed by atoms with van der Waals surface area (Å²) in [6, 6.07) is 7.15. The number of benzene rings is 2. The molecule has 0 unspecified atom stereocenters. The van der Waals surface area contributed by atoms with E-state index in [4.69, 9.17) is 35.3 Å². The monoisotopic (exact) mass is 750 g/mol. The largest absolute Gasteiger partial charge is 0.490 e. The van der Waals surface area contributed by atoms with Gasteiger partial charge in [0.05, 0.1) is 53.2 Å². The van der Waals surface area contributed by atoms with Crippen molar-refractivity contribution in [1.29, 1.82) is 0 Å². The number of methoxy groups -OCH3 is 1. The number of carbonyl (C=O) groups is 3. The van der Waals surface area contributed by atoms with Crippen LogP contribution in [0.3, 0.4) is 0 Å². The SMILES string of the molecule is CCOC(=O)COc1c(Br)cc(Cl)cc1/C=c1/sc2n(c1=O)[C@@H](c1ccc(OCC(=O)OC)c(OCC)c1)C(C(=O)OCC)=C(C)N=2. The van der Waals surface area contributed by atoms with Crippen molar-refractivity contribution in [1.82, 2.24) is 4.57 Å². The van der Waals surface area contributed by atoms with Crippen LogP contribution in [-0.4, -0.2) is 62.6 Å². The predicted octanol–water partition coefficient (Wildman–Crippen LogP) is 4.11. The first-order chi connectivity index (χ1) is 22.5. The minimum absolute atomic E-state index is 0.107. The minimum Gasteiger partial charge on any atom is -0.490 e. The van der Waals surface area contributed by atoms with Crippen LogP contribution in [0.2, 0.25) is 5.02 Å². The number of hydrogen-bond donors (Lipinski definition) is 0. The van der Waals surface area contributed by atoms with Gasteiger partial charge in [0.25, 0.3) is 5.56 Å². The van der Waals surface area contributed by atoms with Gasteiger partial charge in [0.2, 0.25) is 0 Å². The Labute approximate surface area is 287 Å². The van der Waals surface area contributed by atoms with Gasteiger partial charge < -0.3 is 28.4 Å². The molecule has 250 valence electrons. The normalized spacial score (nSPS) is 14.2. The topological polar surface area (TPSA) is 141 Å². The van der Waals surface area contributed by atoms with Gasteiger partial charge in [-0.3, -0.25) is 9.36 Å². The van der Waals surface area contributed by atoms with Crippen LogP contribution in [0.5, 0.6) is 17.2 Å². The van der Waals surface area contributed by atoms with Crippen molar-refractivity contribution in [3.05, 3.63) is 81.9 Å². The zero-order valence-electron chi connectivity index (χ0n) is 26.2. The maximum atomic E-state index is 14.2. The van der Waals surface area contributed by atoms with Crippen LogP contribution < -0.4 is 29.1 Å². The number of rotatable bonds is 13. The van der Waals surface area contributed by atoms with E-state index in [2.05, 4.69) is 25.7 Å². The molecule has 0 radical (unpaired) electrons. The van der Waals surface area contributed by atoms with Gasteiger partial charge in [-0.05, 0) is 79.5 Å². The van der Waals surface area contributed by atoms with Crippen molar-refractivity contribution in [2.45, 2.75) is 33.7 Å². The summed E-state index contributed by atoms with van der Waals surface area (Å²) < 4.78 is 34.3. The molecule has 1 atom stereocenters. The van der Waals surface area contributed by atoms with Crippen molar-refractivity contribution in [2.24, 2.45) is 4.99 Å². The molecule has 1 aromatic heterocycles. The Morgan fingerprint density at radius 1 is 0.979 bits per heavy atom. The highest BCUT2D eigenvalue weighted by atomic mass is 79.9. The number of esters is 3. The second kappa shape index (κ2) is 16.1. The lowest BCUT2D eigenvalue weighted by Crippen LogP contribution is -2.40. The van der Waals surface area contributed by atoms with Crippen molar-refractivity contribution in [2.75, 3.05) is 40.1 Å². The Balaban J connectivity index is 1.90. The van der Waals surface area contributed by atoms with Gasteiger partial charge in [0.1, 0.15) is 5.75 Å². The Hall–Kier alpha value is -4.14. The molecule has 0 saturated heterocycles. The number of ether oxygens (including phenoxy) is 6. The molecule has 0 spiro atoms. The quantitative estimate of drug-likeness (QED) is 0.185. The molecule has 0 N–H and O–H groups in total. The first kappa shape index (κ1) is 35.7. The highest BCUT2D eigenvalue weighted by molar-refractivity contribution is 9.10. The highest BCUT2D eigenvalue weighted by Crippen LogP contribution is 2.37. The van der Waals surface area contributed by atoms with Crippen LogP contribution in [0.4, 0.5) is 0 Å². The summed E-state index contributed by atoms with van der Waals surface area (Å²) in [6.45, 7) is 6.70. The number of aromatic nitrogens is 1. The lowest BCUT2D eigenvalue weighted by Gasteiger charge is -2.25. The van der Waals surface area contributed by atoms with Crippen LogP contribution in [0.15, 0.2) is 55.9 Å². The second-order valence-electron chi connectivity index (χ2n) is 9.71. The average molecular weight is 752 g/mol. The van der Waals surface area contributed by atoms with Gasteiger partial charge in [-0.25, -0.2) is 19.4 Å². The molecule has 0 bridgehead atoms. The lowest BCUT2D eigenvalue weighted by atomic mass is 9.95. The maximum Gasteiger partial charge on any atom is 0.344 e. The van der Waals surface area contributed by atoms with Gasteiger partial charge in [-0.1, -0.05) is 29.0 Å². The van der Waals surface area contributed by atoms with Crippen molar-refractivity contribution in [3.63, 3.8) is 0 Å². The van der Waals surface area contributed by atoms with E-state index < -0.39 is 29.5 Å². The van der Waals surface area contributed by atoms with Crippen LogP contribution >= 0.6 is 38.9 Å². The molecule has 0 aliphatic carbocycles. The molecule has 2 heterocycles. The van der Waals surface area contributed by atoms with E-state index in [1.807, 2.05) is 0 Å². The van der Waals surface area contributed by atoms with Crippen LogP contribution in [0.1, 0.15) is 44.9 Å². The average Bonchev–Trinajstić information content (AvgIpc) is 3.33. The maximum absolute atomic E-state index is 14.2. The van der Waals surface area contributed by atoms with E-state index in [-0.39, 0.29) is 54.6 Å². The second-order valence-corrected chi connectivity index (χ2v) is 12.0. The number of nitrogens with zero attached hydrogens (tertiary/aromatic N) is 2. The molecule has 3 aromatic rings. The van der Waals surface area contributed by atoms with Gasteiger partial charge >= 0.3 is 17.9 Å². The van der Waals surface area contributed by atoms with Gasteiger partial charge in [0.15, 0.2) is 29.5 Å².